The predicted molar refractivity (Wildman–Crippen MR) is 108 cm³/mol. The lowest BCUT2D eigenvalue weighted by Gasteiger charge is -2.43. The monoisotopic (exact) mass is 410 g/mol. The van der Waals surface area contributed by atoms with Crippen molar-refractivity contribution in [2.75, 3.05) is 53.0 Å². The number of hydrogen-bond donors (Lipinski definition) is 1. The van der Waals surface area contributed by atoms with Gasteiger partial charge in [-0.05, 0) is 24.7 Å². The van der Waals surface area contributed by atoms with Crippen LogP contribution in [0.1, 0.15) is 24.3 Å². The van der Waals surface area contributed by atoms with Crippen molar-refractivity contribution in [3.8, 4) is 0 Å². The first-order valence-corrected chi connectivity index (χ1v) is 8.91. The molecule has 2 saturated heterocycles. The van der Waals surface area contributed by atoms with Gasteiger partial charge >= 0.3 is 0 Å². The largest absolute Gasteiger partial charge is 0.389 e. The van der Waals surface area contributed by atoms with Gasteiger partial charge in [-0.3, -0.25) is 0 Å². The minimum absolute atomic E-state index is 0. The molecule has 2 aliphatic heterocycles. The van der Waals surface area contributed by atoms with Crippen molar-refractivity contribution >= 4 is 36.4 Å². The van der Waals surface area contributed by atoms with E-state index in [1.165, 1.54) is 0 Å². The highest BCUT2D eigenvalue weighted by Gasteiger charge is 2.40. The summed E-state index contributed by atoms with van der Waals surface area (Å²) in [6.07, 6.45) is 1.38. The molecule has 0 spiro atoms. The fraction of sp³-hybridized carbons (Fsp3) is 0.667. The molecular formula is C18H29Cl3N2O2. The van der Waals surface area contributed by atoms with Crippen molar-refractivity contribution in [1.82, 2.24) is 9.80 Å². The number of hydrogen-bond acceptors (Lipinski definition) is 4. The topological polar surface area (TPSA) is 35.9 Å². The van der Waals surface area contributed by atoms with Gasteiger partial charge in [-0.2, -0.15) is 0 Å². The lowest BCUT2D eigenvalue weighted by atomic mass is 9.76. The van der Waals surface area contributed by atoms with Crippen LogP contribution < -0.4 is 0 Å². The van der Waals surface area contributed by atoms with Crippen LogP contribution in [-0.2, 0) is 4.74 Å². The van der Waals surface area contributed by atoms with Gasteiger partial charge in [-0.15, -0.1) is 24.8 Å². The molecule has 0 aliphatic carbocycles. The third-order valence-corrected chi connectivity index (χ3v) is 5.53. The Balaban J connectivity index is 0.00000156. The van der Waals surface area contributed by atoms with Gasteiger partial charge < -0.3 is 19.6 Å². The van der Waals surface area contributed by atoms with E-state index < -0.39 is 5.60 Å². The van der Waals surface area contributed by atoms with E-state index in [9.17, 15) is 5.11 Å². The van der Waals surface area contributed by atoms with Crippen molar-refractivity contribution in [3.63, 3.8) is 0 Å². The molecule has 4 nitrogen and oxygen atoms in total. The number of ether oxygens (including phenoxy) is 1. The van der Waals surface area contributed by atoms with E-state index in [2.05, 4.69) is 22.9 Å². The van der Waals surface area contributed by atoms with Gasteiger partial charge in [-0.25, -0.2) is 0 Å². The van der Waals surface area contributed by atoms with Crippen LogP contribution in [0.5, 0.6) is 0 Å². The third kappa shape index (κ3) is 5.96. The van der Waals surface area contributed by atoms with E-state index in [0.717, 1.165) is 43.3 Å². The number of benzene rings is 1. The maximum Gasteiger partial charge on any atom is 0.0772 e. The zero-order valence-corrected chi connectivity index (χ0v) is 17.1. The molecule has 0 radical (unpaired) electrons. The molecule has 1 aromatic carbocycles. The zero-order chi connectivity index (χ0) is 16.3. The summed E-state index contributed by atoms with van der Waals surface area (Å²) in [7, 11) is 2.16. The summed E-state index contributed by atoms with van der Waals surface area (Å²) >= 11 is 6.21. The van der Waals surface area contributed by atoms with Crippen LogP contribution in [0.2, 0.25) is 5.02 Å². The average molecular weight is 412 g/mol. The van der Waals surface area contributed by atoms with E-state index in [0.29, 0.717) is 26.1 Å². The van der Waals surface area contributed by atoms with Crippen LogP contribution in [0.15, 0.2) is 24.3 Å². The molecule has 2 heterocycles. The van der Waals surface area contributed by atoms with Crippen LogP contribution in [0.25, 0.3) is 0 Å². The second-order valence-corrected chi connectivity index (χ2v) is 7.36. The van der Waals surface area contributed by atoms with Crippen LogP contribution in [0.4, 0.5) is 0 Å². The van der Waals surface area contributed by atoms with Crippen molar-refractivity contribution in [2.24, 2.45) is 0 Å². The van der Waals surface area contributed by atoms with Gasteiger partial charge in [0, 0.05) is 69.7 Å². The number of aliphatic hydroxyl groups is 1. The molecule has 0 saturated carbocycles. The highest BCUT2D eigenvalue weighted by molar-refractivity contribution is 6.30. The highest BCUT2D eigenvalue weighted by atomic mass is 35.5. The maximum atomic E-state index is 11.3. The van der Waals surface area contributed by atoms with E-state index in [4.69, 9.17) is 16.3 Å². The van der Waals surface area contributed by atoms with Crippen molar-refractivity contribution < 1.29 is 9.84 Å². The van der Waals surface area contributed by atoms with Gasteiger partial charge in [0.25, 0.3) is 0 Å². The van der Waals surface area contributed by atoms with Crippen molar-refractivity contribution in [2.45, 2.75) is 24.4 Å². The van der Waals surface area contributed by atoms with Crippen molar-refractivity contribution in [3.05, 3.63) is 34.9 Å². The predicted octanol–water partition coefficient (Wildman–Crippen LogP) is 3.06. The van der Waals surface area contributed by atoms with Gasteiger partial charge in [0.15, 0.2) is 0 Å². The highest BCUT2D eigenvalue weighted by Crippen LogP contribution is 2.37. The first kappa shape index (κ1) is 23.0. The van der Waals surface area contributed by atoms with Gasteiger partial charge in [0.1, 0.15) is 0 Å². The number of piperazine rings is 1. The molecule has 2 aliphatic rings. The van der Waals surface area contributed by atoms with E-state index in [1.54, 1.807) is 0 Å². The Morgan fingerprint density at radius 3 is 2.40 bits per heavy atom. The summed E-state index contributed by atoms with van der Waals surface area (Å²) in [5.41, 5.74) is 0.438. The van der Waals surface area contributed by atoms with Crippen molar-refractivity contribution in [1.29, 1.82) is 0 Å². The molecule has 1 unspecified atom stereocenters. The molecule has 0 bridgehead atoms. The minimum atomic E-state index is -0.702. The molecule has 2 fully saturated rings. The van der Waals surface area contributed by atoms with Gasteiger partial charge in [0.2, 0.25) is 0 Å². The molecule has 0 aromatic heterocycles. The SMILES string of the molecule is CN1CCN(CC(c2cccc(Cl)c2)C2(O)CCOCC2)CC1.Cl.Cl. The first-order valence-electron chi connectivity index (χ1n) is 8.53. The molecule has 3 rings (SSSR count). The van der Waals surface area contributed by atoms with Crippen LogP contribution >= 0.6 is 36.4 Å². The van der Waals surface area contributed by atoms with Crippen LogP contribution in [0.3, 0.4) is 0 Å². The Bertz CT molecular complexity index is 519. The Kier molecular flexibility index (Phi) is 9.47. The normalized spacial score (nSPS) is 22.5. The standard InChI is InChI=1S/C18H27ClN2O2.2ClH/c1-20-7-9-21(10-8-20)14-17(15-3-2-4-16(19)13-15)18(22)5-11-23-12-6-18;;/h2-4,13,17,22H,5-12,14H2,1H3;2*1H. The van der Waals surface area contributed by atoms with E-state index in [1.807, 2.05) is 18.2 Å². The summed E-state index contributed by atoms with van der Waals surface area (Å²) < 4.78 is 5.47. The number of nitrogens with zero attached hydrogens (tertiary/aromatic N) is 2. The summed E-state index contributed by atoms with van der Waals surface area (Å²) in [4.78, 5) is 4.83. The molecule has 7 heteroatoms. The molecule has 1 atom stereocenters. The molecule has 1 N–H and O–H groups in total. The Hall–Kier alpha value is -0.0700. The molecule has 144 valence electrons. The van der Waals surface area contributed by atoms with Gasteiger partial charge in [0.05, 0.1) is 5.60 Å². The Morgan fingerprint density at radius 2 is 1.80 bits per heavy atom. The second-order valence-electron chi connectivity index (χ2n) is 6.93. The summed E-state index contributed by atoms with van der Waals surface area (Å²) in [6, 6.07) is 7.99. The molecule has 0 amide bonds. The summed E-state index contributed by atoms with van der Waals surface area (Å²) in [5.74, 6) is 0.0773. The number of likely N-dealkylation sites (N-methyl/N-ethyl adjacent to an activating group) is 1. The first-order chi connectivity index (χ1) is 11.1. The lowest BCUT2D eigenvalue weighted by Crippen LogP contribution is -2.50. The number of halogens is 3. The van der Waals surface area contributed by atoms with Gasteiger partial charge in [-0.1, -0.05) is 23.7 Å². The third-order valence-electron chi connectivity index (χ3n) is 5.29. The minimum Gasteiger partial charge on any atom is -0.389 e. The summed E-state index contributed by atoms with van der Waals surface area (Å²) in [5, 5.41) is 12.0. The Morgan fingerprint density at radius 1 is 1.16 bits per heavy atom. The zero-order valence-electron chi connectivity index (χ0n) is 14.7. The lowest BCUT2D eigenvalue weighted by molar-refractivity contribution is -0.0859. The molecular weight excluding hydrogens is 383 g/mol. The van der Waals surface area contributed by atoms with E-state index >= 15 is 0 Å². The molecule has 25 heavy (non-hydrogen) atoms. The second kappa shape index (κ2) is 10.3. The fourth-order valence-corrected chi connectivity index (χ4v) is 3.87. The number of rotatable bonds is 4. The van der Waals surface area contributed by atoms with Crippen LogP contribution in [0, 0.1) is 0 Å². The smallest absolute Gasteiger partial charge is 0.0772 e. The fourth-order valence-electron chi connectivity index (χ4n) is 3.67. The summed E-state index contributed by atoms with van der Waals surface area (Å²) in [6.45, 7) is 6.44. The quantitative estimate of drug-likeness (QED) is 0.826. The van der Waals surface area contributed by atoms with E-state index in [-0.39, 0.29) is 30.7 Å². The maximum absolute atomic E-state index is 11.3. The molecule has 1 aromatic rings. The van der Waals surface area contributed by atoms with Crippen LogP contribution in [-0.4, -0.2) is 73.5 Å². The average Bonchev–Trinajstić information content (AvgIpc) is 2.55. The Labute approximate surface area is 168 Å².